The van der Waals surface area contributed by atoms with Crippen LogP contribution in [0.1, 0.15) is 25.8 Å². The molecule has 1 aliphatic rings. The summed E-state index contributed by atoms with van der Waals surface area (Å²) < 4.78 is 0. The Bertz CT molecular complexity index is 404. The topological polar surface area (TPSA) is 32.3 Å². The predicted octanol–water partition coefficient (Wildman–Crippen LogP) is 2.28. The number of hydrogen-bond donors (Lipinski definition) is 1. The summed E-state index contributed by atoms with van der Waals surface area (Å²) >= 11 is 0. The number of carbonyl (C=O) groups excluding carboxylic acids is 1. The summed E-state index contributed by atoms with van der Waals surface area (Å²) in [6.45, 7) is 7.65. The Hall–Kier alpha value is -1.35. The summed E-state index contributed by atoms with van der Waals surface area (Å²) in [4.78, 5) is 14.7. The van der Waals surface area contributed by atoms with Gasteiger partial charge in [0.15, 0.2) is 0 Å². The molecule has 0 radical (unpaired) electrons. The molecule has 0 aromatic heterocycles. The van der Waals surface area contributed by atoms with E-state index in [1.54, 1.807) is 0 Å². The van der Waals surface area contributed by atoms with E-state index < -0.39 is 0 Å². The smallest absolute Gasteiger partial charge is 0.227 e. The molecule has 1 saturated heterocycles. The third-order valence-electron chi connectivity index (χ3n) is 3.86. The van der Waals surface area contributed by atoms with Gasteiger partial charge in [0, 0.05) is 19.6 Å². The first-order valence-corrected chi connectivity index (χ1v) is 7.25. The van der Waals surface area contributed by atoms with Crippen LogP contribution in [-0.4, -0.2) is 30.4 Å². The Kier molecular flexibility index (Phi) is 4.97. The van der Waals surface area contributed by atoms with Gasteiger partial charge in [-0.2, -0.15) is 0 Å². The molecule has 1 N–H and O–H groups in total. The number of hydrogen-bond acceptors (Lipinski definition) is 2. The lowest BCUT2D eigenvalue weighted by atomic mass is 9.96. The Morgan fingerprint density at radius 2 is 2.05 bits per heavy atom. The number of nitrogens with zero attached hydrogens (tertiary/aromatic N) is 1. The van der Waals surface area contributed by atoms with E-state index in [1.807, 2.05) is 23.1 Å². The summed E-state index contributed by atoms with van der Waals surface area (Å²) in [5.74, 6) is 0.904. The summed E-state index contributed by atoms with van der Waals surface area (Å²) in [5, 5.41) is 3.32. The molecule has 0 saturated carbocycles. The molecule has 0 aliphatic carbocycles. The second kappa shape index (κ2) is 6.71. The van der Waals surface area contributed by atoms with Crippen LogP contribution in [0.3, 0.4) is 0 Å². The molecule has 0 bridgehead atoms. The van der Waals surface area contributed by atoms with Crippen LogP contribution in [0.4, 0.5) is 0 Å². The summed E-state index contributed by atoms with van der Waals surface area (Å²) in [6, 6.07) is 10.3. The molecule has 2 atom stereocenters. The molecule has 1 heterocycles. The Labute approximate surface area is 116 Å². The van der Waals surface area contributed by atoms with Gasteiger partial charge in [-0.05, 0) is 24.4 Å². The van der Waals surface area contributed by atoms with Crippen LogP contribution in [0.25, 0.3) is 0 Å². The van der Waals surface area contributed by atoms with Crippen molar-refractivity contribution in [2.24, 2.45) is 11.8 Å². The van der Waals surface area contributed by atoms with E-state index in [2.05, 4.69) is 31.3 Å². The number of nitrogens with one attached hydrogen (secondary N) is 1. The molecule has 1 aromatic rings. The maximum atomic E-state index is 12.6. The van der Waals surface area contributed by atoms with Crippen LogP contribution < -0.4 is 5.32 Å². The van der Waals surface area contributed by atoms with E-state index in [9.17, 15) is 4.79 Å². The molecule has 0 spiro atoms. The van der Waals surface area contributed by atoms with Gasteiger partial charge in [-0.25, -0.2) is 0 Å². The van der Waals surface area contributed by atoms with Crippen molar-refractivity contribution in [2.45, 2.75) is 26.8 Å². The van der Waals surface area contributed by atoms with Gasteiger partial charge in [-0.3, -0.25) is 4.79 Å². The zero-order valence-corrected chi connectivity index (χ0v) is 11.9. The van der Waals surface area contributed by atoms with Crippen LogP contribution in [0.2, 0.25) is 0 Å². The SMILES string of the molecule is CCCN(Cc1ccccc1)C(=O)[C@@H]1CNC[C@H]1C. The average Bonchev–Trinajstić information content (AvgIpc) is 2.85. The normalized spacial score (nSPS) is 22.4. The highest BCUT2D eigenvalue weighted by Crippen LogP contribution is 2.20. The van der Waals surface area contributed by atoms with Gasteiger partial charge in [0.2, 0.25) is 5.91 Å². The first-order valence-electron chi connectivity index (χ1n) is 7.25. The van der Waals surface area contributed by atoms with Gasteiger partial charge in [0.05, 0.1) is 5.92 Å². The molecule has 3 heteroatoms. The lowest BCUT2D eigenvalue weighted by molar-refractivity contribution is -0.136. The molecule has 19 heavy (non-hydrogen) atoms. The Balaban J connectivity index is 2.04. The van der Waals surface area contributed by atoms with E-state index >= 15 is 0 Å². The van der Waals surface area contributed by atoms with E-state index in [1.165, 1.54) is 5.56 Å². The fourth-order valence-corrected chi connectivity index (χ4v) is 2.72. The molecule has 1 aliphatic heterocycles. The standard InChI is InChI=1S/C16H24N2O/c1-3-9-18(12-14-7-5-4-6-8-14)16(19)15-11-17-10-13(15)2/h4-8,13,15,17H,3,9-12H2,1-2H3/t13-,15-/m1/s1. The minimum atomic E-state index is 0.148. The van der Waals surface area contributed by atoms with Gasteiger partial charge >= 0.3 is 0 Å². The highest BCUT2D eigenvalue weighted by molar-refractivity contribution is 5.79. The monoisotopic (exact) mass is 260 g/mol. The van der Waals surface area contributed by atoms with Crippen molar-refractivity contribution in [1.82, 2.24) is 10.2 Å². The van der Waals surface area contributed by atoms with Crippen molar-refractivity contribution in [2.75, 3.05) is 19.6 Å². The predicted molar refractivity (Wildman–Crippen MR) is 77.7 cm³/mol. The van der Waals surface area contributed by atoms with Crippen LogP contribution in [-0.2, 0) is 11.3 Å². The second-order valence-corrected chi connectivity index (χ2v) is 5.49. The summed E-state index contributed by atoms with van der Waals surface area (Å²) in [7, 11) is 0. The number of carbonyl (C=O) groups is 1. The van der Waals surface area contributed by atoms with E-state index in [-0.39, 0.29) is 5.92 Å². The van der Waals surface area contributed by atoms with E-state index in [4.69, 9.17) is 0 Å². The van der Waals surface area contributed by atoms with Gasteiger partial charge in [-0.1, -0.05) is 44.2 Å². The van der Waals surface area contributed by atoms with Gasteiger partial charge in [0.1, 0.15) is 0 Å². The van der Waals surface area contributed by atoms with E-state index in [0.717, 1.165) is 32.6 Å². The minimum Gasteiger partial charge on any atom is -0.338 e. The third kappa shape index (κ3) is 3.57. The van der Waals surface area contributed by atoms with Crippen LogP contribution in [0, 0.1) is 11.8 Å². The average molecular weight is 260 g/mol. The molecule has 3 nitrogen and oxygen atoms in total. The summed E-state index contributed by atoms with van der Waals surface area (Å²) in [6.07, 6.45) is 1.01. The zero-order chi connectivity index (χ0) is 13.7. The Morgan fingerprint density at radius 1 is 1.32 bits per heavy atom. The number of benzene rings is 1. The number of amides is 1. The third-order valence-corrected chi connectivity index (χ3v) is 3.86. The van der Waals surface area contributed by atoms with Crippen molar-refractivity contribution < 1.29 is 4.79 Å². The molecule has 1 fully saturated rings. The maximum absolute atomic E-state index is 12.6. The molecular weight excluding hydrogens is 236 g/mol. The van der Waals surface area contributed by atoms with Crippen LogP contribution in [0.5, 0.6) is 0 Å². The fourth-order valence-electron chi connectivity index (χ4n) is 2.72. The van der Waals surface area contributed by atoms with Gasteiger partial charge in [-0.15, -0.1) is 0 Å². The molecule has 104 valence electrons. The van der Waals surface area contributed by atoms with Crippen molar-refractivity contribution in [3.8, 4) is 0 Å². The van der Waals surface area contributed by atoms with Crippen LogP contribution in [0.15, 0.2) is 30.3 Å². The van der Waals surface area contributed by atoms with Crippen molar-refractivity contribution in [3.63, 3.8) is 0 Å². The number of rotatable bonds is 5. The highest BCUT2D eigenvalue weighted by Gasteiger charge is 2.32. The van der Waals surface area contributed by atoms with Crippen molar-refractivity contribution in [1.29, 1.82) is 0 Å². The fraction of sp³-hybridized carbons (Fsp3) is 0.562. The molecule has 0 unspecified atom stereocenters. The largest absolute Gasteiger partial charge is 0.338 e. The lowest BCUT2D eigenvalue weighted by Gasteiger charge is -2.26. The van der Waals surface area contributed by atoms with Crippen LogP contribution >= 0.6 is 0 Å². The second-order valence-electron chi connectivity index (χ2n) is 5.49. The maximum Gasteiger partial charge on any atom is 0.227 e. The molecule has 1 aromatic carbocycles. The molecule has 1 amide bonds. The first kappa shape index (κ1) is 14.1. The van der Waals surface area contributed by atoms with Gasteiger partial charge < -0.3 is 10.2 Å². The Morgan fingerprint density at radius 3 is 2.63 bits per heavy atom. The first-order chi connectivity index (χ1) is 9.22. The molecular formula is C16H24N2O. The quantitative estimate of drug-likeness (QED) is 0.881. The lowest BCUT2D eigenvalue weighted by Crippen LogP contribution is -2.38. The molecule has 2 rings (SSSR count). The minimum absolute atomic E-state index is 0.148. The van der Waals surface area contributed by atoms with Crippen molar-refractivity contribution in [3.05, 3.63) is 35.9 Å². The highest BCUT2D eigenvalue weighted by atomic mass is 16.2. The van der Waals surface area contributed by atoms with E-state index in [0.29, 0.717) is 11.8 Å². The van der Waals surface area contributed by atoms with Crippen molar-refractivity contribution >= 4 is 5.91 Å². The van der Waals surface area contributed by atoms with Gasteiger partial charge in [0.25, 0.3) is 0 Å². The zero-order valence-electron chi connectivity index (χ0n) is 11.9. The summed E-state index contributed by atoms with van der Waals surface area (Å²) in [5.41, 5.74) is 1.21.